The summed E-state index contributed by atoms with van der Waals surface area (Å²) in [6.07, 6.45) is 1.84. The van der Waals surface area contributed by atoms with Crippen LogP contribution in [0.4, 0.5) is 0 Å². The SMILES string of the molecule is Cc1cc(Cl)ccc1OCc1ncc(CS)s1. The second-order valence-electron chi connectivity index (χ2n) is 3.58. The number of halogens is 1. The zero-order valence-electron chi connectivity index (χ0n) is 9.31. The average Bonchev–Trinajstić information content (AvgIpc) is 2.76. The molecule has 0 fully saturated rings. The van der Waals surface area contributed by atoms with Crippen LogP contribution in [0.3, 0.4) is 0 Å². The first kappa shape index (κ1) is 12.7. The largest absolute Gasteiger partial charge is 0.486 e. The molecular weight excluding hydrogens is 274 g/mol. The Labute approximate surface area is 115 Å². The molecular formula is C12H12ClNOS2. The Hall–Kier alpha value is -0.710. The maximum atomic E-state index is 5.88. The predicted octanol–water partition coefficient (Wildman–Crippen LogP) is 4.11. The van der Waals surface area contributed by atoms with Crippen molar-refractivity contribution in [2.75, 3.05) is 0 Å². The number of hydrogen-bond donors (Lipinski definition) is 1. The van der Waals surface area contributed by atoms with Gasteiger partial charge in [-0.2, -0.15) is 12.6 Å². The second-order valence-corrected chi connectivity index (χ2v) is 5.53. The van der Waals surface area contributed by atoms with Crippen LogP contribution in [-0.2, 0) is 12.4 Å². The minimum Gasteiger partial charge on any atom is -0.486 e. The lowest BCUT2D eigenvalue weighted by Crippen LogP contribution is -1.96. The van der Waals surface area contributed by atoms with E-state index in [-0.39, 0.29) is 0 Å². The van der Waals surface area contributed by atoms with Crippen LogP contribution in [0, 0.1) is 6.92 Å². The third kappa shape index (κ3) is 3.37. The van der Waals surface area contributed by atoms with Crippen LogP contribution in [0.25, 0.3) is 0 Å². The Bertz CT molecular complexity index is 513. The topological polar surface area (TPSA) is 22.1 Å². The molecule has 0 spiro atoms. The van der Waals surface area contributed by atoms with Crippen LogP contribution in [0.2, 0.25) is 5.02 Å². The van der Waals surface area contributed by atoms with Gasteiger partial charge in [0.25, 0.3) is 0 Å². The summed E-state index contributed by atoms with van der Waals surface area (Å²) in [5.74, 6) is 1.56. The van der Waals surface area contributed by atoms with Gasteiger partial charge in [-0.15, -0.1) is 11.3 Å². The van der Waals surface area contributed by atoms with Gasteiger partial charge in [0.05, 0.1) is 0 Å². The number of ether oxygens (including phenoxy) is 1. The number of aromatic nitrogens is 1. The second kappa shape index (κ2) is 5.76. The van der Waals surface area contributed by atoms with Crippen molar-refractivity contribution >= 4 is 35.6 Å². The fraction of sp³-hybridized carbons (Fsp3) is 0.250. The summed E-state index contributed by atoms with van der Waals surface area (Å²) in [6, 6.07) is 5.59. The molecule has 2 aromatic rings. The van der Waals surface area contributed by atoms with E-state index in [1.807, 2.05) is 31.3 Å². The van der Waals surface area contributed by atoms with Crippen LogP contribution in [-0.4, -0.2) is 4.98 Å². The van der Waals surface area contributed by atoms with E-state index in [1.54, 1.807) is 11.3 Å². The van der Waals surface area contributed by atoms with Crippen LogP contribution in [0.5, 0.6) is 5.75 Å². The molecule has 0 saturated carbocycles. The summed E-state index contributed by atoms with van der Waals surface area (Å²) in [5.41, 5.74) is 1.03. The predicted molar refractivity (Wildman–Crippen MR) is 75.3 cm³/mol. The van der Waals surface area contributed by atoms with E-state index in [0.29, 0.717) is 6.61 Å². The minimum absolute atomic E-state index is 0.487. The number of thiol groups is 1. The van der Waals surface area contributed by atoms with Crippen LogP contribution in [0.1, 0.15) is 15.4 Å². The maximum absolute atomic E-state index is 5.88. The lowest BCUT2D eigenvalue weighted by molar-refractivity contribution is 0.303. The van der Waals surface area contributed by atoms with Crippen LogP contribution in [0.15, 0.2) is 24.4 Å². The van der Waals surface area contributed by atoms with Gasteiger partial charge in [0.15, 0.2) is 0 Å². The molecule has 1 aromatic heterocycles. The number of thiazole rings is 1. The third-order valence-corrected chi connectivity index (χ3v) is 4.01. The quantitative estimate of drug-likeness (QED) is 0.854. The van der Waals surface area contributed by atoms with Crippen molar-refractivity contribution in [1.82, 2.24) is 4.98 Å². The van der Waals surface area contributed by atoms with Gasteiger partial charge in [-0.05, 0) is 30.7 Å². The first-order valence-electron chi connectivity index (χ1n) is 5.12. The molecule has 0 unspecified atom stereocenters. The number of aryl methyl sites for hydroxylation is 1. The van der Waals surface area contributed by atoms with Crippen molar-refractivity contribution < 1.29 is 4.74 Å². The normalized spacial score (nSPS) is 10.5. The third-order valence-electron chi connectivity index (χ3n) is 2.25. The van der Waals surface area contributed by atoms with Crippen molar-refractivity contribution in [2.24, 2.45) is 0 Å². The Morgan fingerprint density at radius 3 is 2.94 bits per heavy atom. The molecule has 1 heterocycles. The summed E-state index contributed by atoms with van der Waals surface area (Å²) < 4.78 is 5.70. The van der Waals surface area contributed by atoms with Gasteiger partial charge >= 0.3 is 0 Å². The molecule has 90 valence electrons. The van der Waals surface area contributed by atoms with Crippen molar-refractivity contribution in [3.05, 3.63) is 44.9 Å². The number of benzene rings is 1. The van der Waals surface area contributed by atoms with Crippen molar-refractivity contribution in [2.45, 2.75) is 19.3 Å². The Morgan fingerprint density at radius 1 is 1.47 bits per heavy atom. The number of hydrogen-bond acceptors (Lipinski definition) is 4. The Kier molecular flexibility index (Phi) is 4.31. The number of rotatable bonds is 4. The summed E-state index contributed by atoms with van der Waals surface area (Å²) >= 11 is 11.7. The fourth-order valence-electron chi connectivity index (χ4n) is 1.40. The molecule has 0 aliphatic heterocycles. The Morgan fingerprint density at radius 2 is 2.29 bits per heavy atom. The molecule has 0 saturated heterocycles. The van der Waals surface area contributed by atoms with E-state index in [1.165, 1.54) is 0 Å². The Balaban J connectivity index is 2.02. The smallest absolute Gasteiger partial charge is 0.140 e. The van der Waals surface area contributed by atoms with Crippen LogP contribution < -0.4 is 4.74 Å². The summed E-state index contributed by atoms with van der Waals surface area (Å²) in [6.45, 7) is 2.46. The molecule has 0 amide bonds. The van der Waals surface area contributed by atoms with Crippen molar-refractivity contribution in [3.8, 4) is 5.75 Å². The van der Waals surface area contributed by atoms with Gasteiger partial charge in [0.1, 0.15) is 17.4 Å². The molecule has 17 heavy (non-hydrogen) atoms. The zero-order valence-corrected chi connectivity index (χ0v) is 11.8. The van der Waals surface area contributed by atoms with Gasteiger partial charge < -0.3 is 4.74 Å². The first-order chi connectivity index (χ1) is 8.19. The molecule has 2 rings (SSSR count). The highest BCUT2D eigenvalue weighted by Crippen LogP contribution is 2.23. The van der Waals surface area contributed by atoms with Crippen LogP contribution >= 0.6 is 35.6 Å². The fourth-order valence-corrected chi connectivity index (χ4v) is 2.60. The molecule has 1 aromatic carbocycles. The molecule has 2 nitrogen and oxygen atoms in total. The molecule has 5 heteroatoms. The molecule has 0 bridgehead atoms. The molecule has 0 aliphatic carbocycles. The van der Waals surface area contributed by atoms with E-state index in [2.05, 4.69) is 17.6 Å². The van der Waals surface area contributed by atoms with E-state index >= 15 is 0 Å². The van der Waals surface area contributed by atoms with Gasteiger partial charge in [0, 0.05) is 21.8 Å². The molecule has 0 aliphatic rings. The van der Waals surface area contributed by atoms with Gasteiger partial charge in [-0.3, -0.25) is 0 Å². The highest BCUT2D eigenvalue weighted by molar-refractivity contribution is 7.79. The first-order valence-corrected chi connectivity index (χ1v) is 6.95. The average molecular weight is 286 g/mol. The minimum atomic E-state index is 0.487. The standard InChI is InChI=1S/C12H12ClNOS2/c1-8-4-9(13)2-3-11(8)15-6-12-14-5-10(7-16)17-12/h2-5,16H,6-7H2,1H3. The maximum Gasteiger partial charge on any atom is 0.140 e. The highest BCUT2D eigenvalue weighted by Gasteiger charge is 2.04. The van der Waals surface area contributed by atoms with Crippen molar-refractivity contribution in [3.63, 3.8) is 0 Å². The van der Waals surface area contributed by atoms with Gasteiger partial charge in [-0.25, -0.2) is 4.98 Å². The van der Waals surface area contributed by atoms with E-state index < -0.39 is 0 Å². The molecule has 0 radical (unpaired) electrons. The van der Waals surface area contributed by atoms with E-state index in [0.717, 1.165) is 32.0 Å². The summed E-state index contributed by atoms with van der Waals surface area (Å²) in [4.78, 5) is 5.42. The summed E-state index contributed by atoms with van der Waals surface area (Å²) in [7, 11) is 0. The molecule has 0 atom stereocenters. The van der Waals surface area contributed by atoms with Gasteiger partial charge in [0.2, 0.25) is 0 Å². The zero-order chi connectivity index (χ0) is 12.3. The monoisotopic (exact) mass is 285 g/mol. The summed E-state index contributed by atoms with van der Waals surface area (Å²) in [5, 5.41) is 1.69. The molecule has 0 N–H and O–H groups in total. The highest BCUT2D eigenvalue weighted by atomic mass is 35.5. The van der Waals surface area contributed by atoms with Gasteiger partial charge in [-0.1, -0.05) is 11.6 Å². The number of nitrogens with zero attached hydrogens (tertiary/aromatic N) is 1. The lowest BCUT2D eigenvalue weighted by Gasteiger charge is -2.07. The van der Waals surface area contributed by atoms with E-state index in [9.17, 15) is 0 Å². The van der Waals surface area contributed by atoms with E-state index in [4.69, 9.17) is 16.3 Å². The lowest BCUT2D eigenvalue weighted by atomic mass is 10.2. The van der Waals surface area contributed by atoms with Crippen molar-refractivity contribution in [1.29, 1.82) is 0 Å².